The second-order valence-electron chi connectivity index (χ2n) is 3.00. The van der Waals surface area contributed by atoms with Gasteiger partial charge in [0.1, 0.15) is 0 Å². The van der Waals surface area contributed by atoms with E-state index in [0.717, 1.165) is 5.56 Å². The van der Waals surface area contributed by atoms with Gasteiger partial charge in [-0.05, 0) is 5.56 Å². The summed E-state index contributed by atoms with van der Waals surface area (Å²) in [7, 11) is -2.02. The Morgan fingerprint density at radius 3 is 2.47 bits per heavy atom. The molecule has 0 saturated heterocycles. The second kappa shape index (κ2) is 5.85. The highest BCUT2D eigenvalue weighted by Gasteiger charge is 2.10. The summed E-state index contributed by atoms with van der Waals surface area (Å²) in [6.07, 6.45) is 0. The van der Waals surface area contributed by atoms with E-state index in [2.05, 4.69) is 4.74 Å². The predicted octanol–water partition coefficient (Wildman–Crippen LogP) is 1.18. The van der Waals surface area contributed by atoms with Gasteiger partial charge in [0.2, 0.25) is 0 Å². The molecule has 0 spiro atoms. The van der Waals surface area contributed by atoms with Crippen LogP contribution in [0.5, 0.6) is 0 Å². The van der Waals surface area contributed by atoms with Gasteiger partial charge in [0.05, 0.1) is 19.0 Å². The number of ether oxygens (including phenoxy) is 1. The van der Waals surface area contributed by atoms with Crippen LogP contribution in [0.3, 0.4) is 0 Å². The Balaban J connectivity index is 2.43. The molecule has 1 rings (SSSR count). The van der Waals surface area contributed by atoms with Gasteiger partial charge >= 0.3 is 0 Å². The molecule has 0 aliphatic heterocycles. The highest BCUT2D eigenvalue weighted by molar-refractivity contribution is 7.86. The fourth-order valence-corrected chi connectivity index (χ4v) is 1.78. The van der Waals surface area contributed by atoms with E-state index in [1.54, 1.807) is 0 Å². The molecule has 0 atom stereocenters. The minimum absolute atomic E-state index is 0.0763. The normalized spacial score (nSPS) is 11.5. The average Bonchev–Trinajstić information content (AvgIpc) is 2.25. The van der Waals surface area contributed by atoms with Gasteiger partial charge in [0.25, 0.3) is 10.1 Å². The van der Waals surface area contributed by atoms with Crippen molar-refractivity contribution >= 4 is 10.1 Å². The van der Waals surface area contributed by atoms with Crippen LogP contribution in [-0.4, -0.2) is 27.9 Å². The van der Waals surface area contributed by atoms with Crippen LogP contribution in [0, 0.1) is 0 Å². The van der Waals surface area contributed by atoms with Crippen molar-refractivity contribution in [3.05, 3.63) is 35.9 Å². The Kier molecular flexibility index (Phi) is 4.74. The first-order valence-corrected chi connectivity index (χ1v) is 6.12. The fourth-order valence-electron chi connectivity index (χ4n) is 0.976. The van der Waals surface area contributed by atoms with Crippen LogP contribution in [0.25, 0.3) is 0 Å². The molecule has 0 aliphatic rings. The van der Waals surface area contributed by atoms with Crippen molar-refractivity contribution in [1.29, 1.82) is 0 Å². The van der Waals surface area contributed by atoms with Crippen molar-refractivity contribution in [2.75, 3.05) is 19.5 Å². The molecule has 0 fully saturated rings. The largest absolute Gasteiger partial charge is 0.384 e. The quantitative estimate of drug-likeness (QED) is 0.689. The SMILES string of the molecule is COCCS(=O)(=O)OCc1ccccc1. The first-order valence-electron chi connectivity index (χ1n) is 4.54. The van der Waals surface area contributed by atoms with Crippen molar-refractivity contribution < 1.29 is 17.3 Å². The molecule has 4 nitrogen and oxygen atoms in total. The van der Waals surface area contributed by atoms with Gasteiger partial charge < -0.3 is 4.74 Å². The number of methoxy groups -OCH3 is 1. The summed E-state index contributed by atoms with van der Waals surface area (Å²) >= 11 is 0. The topological polar surface area (TPSA) is 52.6 Å². The highest BCUT2D eigenvalue weighted by Crippen LogP contribution is 2.04. The minimum Gasteiger partial charge on any atom is -0.384 e. The third kappa shape index (κ3) is 4.92. The molecule has 0 N–H and O–H groups in total. The molecule has 84 valence electrons. The van der Waals surface area contributed by atoms with Crippen molar-refractivity contribution in [3.8, 4) is 0 Å². The lowest BCUT2D eigenvalue weighted by molar-refractivity contribution is 0.211. The van der Waals surface area contributed by atoms with Crippen LogP contribution in [0.2, 0.25) is 0 Å². The first kappa shape index (κ1) is 12.2. The van der Waals surface area contributed by atoms with Crippen molar-refractivity contribution in [3.63, 3.8) is 0 Å². The molecule has 0 radical (unpaired) electrons. The summed E-state index contributed by atoms with van der Waals surface area (Å²) in [5, 5.41) is 0. The van der Waals surface area contributed by atoms with Gasteiger partial charge in [-0.3, -0.25) is 4.18 Å². The second-order valence-corrected chi connectivity index (χ2v) is 4.76. The van der Waals surface area contributed by atoms with E-state index in [1.165, 1.54) is 7.11 Å². The van der Waals surface area contributed by atoms with Crippen LogP contribution < -0.4 is 0 Å². The van der Waals surface area contributed by atoms with E-state index >= 15 is 0 Å². The molecular weight excluding hydrogens is 216 g/mol. The molecule has 1 aromatic carbocycles. The van der Waals surface area contributed by atoms with Crippen LogP contribution in [0.4, 0.5) is 0 Å². The molecule has 0 saturated carbocycles. The van der Waals surface area contributed by atoms with E-state index in [1.807, 2.05) is 30.3 Å². The molecule has 0 unspecified atom stereocenters. The van der Waals surface area contributed by atoms with E-state index in [-0.39, 0.29) is 19.0 Å². The summed E-state index contributed by atoms with van der Waals surface area (Å²) in [6.45, 7) is 0.226. The van der Waals surface area contributed by atoms with E-state index in [9.17, 15) is 8.42 Å². The molecular formula is C10H14O4S. The van der Waals surface area contributed by atoms with E-state index in [4.69, 9.17) is 4.18 Å². The number of rotatable bonds is 6. The van der Waals surface area contributed by atoms with Gasteiger partial charge in [-0.1, -0.05) is 30.3 Å². The first-order chi connectivity index (χ1) is 7.14. The van der Waals surface area contributed by atoms with E-state index in [0.29, 0.717) is 0 Å². The maximum absolute atomic E-state index is 11.3. The third-order valence-corrected chi connectivity index (χ3v) is 2.93. The zero-order chi connectivity index (χ0) is 11.1. The van der Waals surface area contributed by atoms with Crippen molar-refractivity contribution in [2.45, 2.75) is 6.61 Å². The van der Waals surface area contributed by atoms with Gasteiger partial charge in [-0.25, -0.2) is 0 Å². The lowest BCUT2D eigenvalue weighted by Gasteiger charge is -2.04. The maximum Gasteiger partial charge on any atom is 0.269 e. The van der Waals surface area contributed by atoms with Crippen LogP contribution in [-0.2, 0) is 25.6 Å². The lowest BCUT2D eigenvalue weighted by atomic mass is 10.2. The van der Waals surface area contributed by atoms with Crippen molar-refractivity contribution in [1.82, 2.24) is 0 Å². The predicted molar refractivity (Wildman–Crippen MR) is 56.9 cm³/mol. The summed E-state index contributed by atoms with van der Waals surface area (Å²) in [6, 6.07) is 9.15. The average molecular weight is 230 g/mol. The molecule has 15 heavy (non-hydrogen) atoms. The Morgan fingerprint density at radius 1 is 1.20 bits per heavy atom. The van der Waals surface area contributed by atoms with Gasteiger partial charge in [-0.2, -0.15) is 8.42 Å². The Hall–Kier alpha value is -0.910. The highest BCUT2D eigenvalue weighted by atomic mass is 32.2. The zero-order valence-corrected chi connectivity index (χ0v) is 9.37. The Bertz CT molecular complexity index is 372. The lowest BCUT2D eigenvalue weighted by Crippen LogP contribution is -2.14. The van der Waals surface area contributed by atoms with Crippen molar-refractivity contribution in [2.24, 2.45) is 0 Å². The number of hydrogen-bond acceptors (Lipinski definition) is 4. The monoisotopic (exact) mass is 230 g/mol. The summed E-state index contributed by atoms with van der Waals surface area (Å²) in [5.74, 6) is -0.115. The zero-order valence-electron chi connectivity index (χ0n) is 8.55. The summed E-state index contributed by atoms with van der Waals surface area (Å²) in [5.41, 5.74) is 0.832. The van der Waals surface area contributed by atoms with Crippen LogP contribution >= 0.6 is 0 Å². The van der Waals surface area contributed by atoms with Gasteiger partial charge in [-0.15, -0.1) is 0 Å². The van der Waals surface area contributed by atoms with E-state index < -0.39 is 10.1 Å². The van der Waals surface area contributed by atoms with Crippen LogP contribution in [0.15, 0.2) is 30.3 Å². The maximum atomic E-state index is 11.3. The molecule has 0 heterocycles. The number of benzene rings is 1. The standard InChI is InChI=1S/C10H14O4S/c1-13-7-8-15(11,12)14-9-10-5-3-2-4-6-10/h2-6H,7-9H2,1H3. The number of hydrogen-bond donors (Lipinski definition) is 0. The fraction of sp³-hybridized carbons (Fsp3) is 0.400. The molecule has 5 heteroatoms. The Morgan fingerprint density at radius 2 is 1.87 bits per heavy atom. The minimum atomic E-state index is -3.47. The van der Waals surface area contributed by atoms with Gasteiger partial charge in [0, 0.05) is 7.11 Å². The van der Waals surface area contributed by atoms with Gasteiger partial charge in [0.15, 0.2) is 0 Å². The summed E-state index contributed by atoms with van der Waals surface area (Å²) in [4.78, 5) is 0. The molecule has 0 bridgehead atoms. The molecule has 0 aromatic heterocycles. The summed E-state index contributed by atoms with van der Waals surface area (Å²) < 4.78 is 32.0. The van der Waals surface area contributed by atoms with Crippen LogP contribution in [0.1, 0.15) is 5.56 Å². The molecule has 0 aliphatic carbocycles. The molecule has 1 aromatic rings. The smallest absolute Gasteiger partial charge is 0.269 e. The third-order valence-electron chi connectivity index (χ3n) is 1.79. The molecule has 0 amide bonds. The Labute approximate surface area is 90.0 Å².